The van der Waals surface area contributed by atoms with E-state index < -0.39 is 12.1 Å². The van der Waals surface area contributed by atoms with Gasteiger partial charge in [-0.05, 0) is 69.5 Å². The maximum atomic E-state index is 13.2. The molecule has 1 heterocycles. The first-order chi connectivity index (χ1) is 16.2. The molecule has 11 heteroatoms. The Labute approximate surface area is 221 Å². The Balaban J connectivity index is 2.10. The molecule has 0 unspecified atom stereocenters. The van der Waals surface area contributed by atoms with Gasteiger partial charge in [0.25, 0.3) is 5.56 Å². The van der Waals surface area contributed by atoms with E-state index in [-0.39, 0.29) is 5.56 Å². The molecule has 0 saturated heterocycles. The second kappa shape index (κ2) is 11.5. The number of nitrogens with zero attached hydrogens (tertiary/aromatic N) is 3. The lowest BCUT2D eigenvalue weighted by atomic mass is 10.2. The van der Waals surface area contributed by atoms with Crippen LogP contribution in [-0.2, 0) is 16.0 Å². The van der Waals surface area contributed by atoms with Gasteiger partial charge in [-0.2, -0.15) is 9.78 Å². The Hall–Kier alpha value is -2.24. The van der Waals surface area contributed by atoms with Crippen molar-refractivity contribution in [2.75, 3.05) is 14.2 Å². The molecular weight excluding hydrogens is 638 g/mol. The molecule has 0 amide bonds. The predicted octanol–water partition coefficient (Wildman–Crippen LogP) is 5.47. The smallest absolute Gasteiger partial charge is 0.346 e. The van der Waals surface area contributed by atoms with Gasteiger partial charge < -0.3 is 14.2 Å². The standard InChI is InChI=1S/C23H22Br3N3O5/c1-5-6-18-28-16-8-7-14(24)10-15(16)22(30)29(18)27-11-13-9-17(32-3)21(20(26)19(13)25)34-12(2)23(31)33-4/h7-12H,5-6H2,1-4H3/t12-/m1/s1. The summed E-state index contributed by atoms with van der Waals surface area (Å²) in [5, 5.41) is 4.93. The predicted molar refractivity (Wildman–Crippen MR) is 141 cm³/mol. The molecule has 1 aromatic heterocycles. The fourth-order valence-corrected chi connectivity index (χ4v) is 4.45. The van der Waals surface area contributed by atoms with Crippen LogP contribution in [0.5, 0.6) is 11.5 Å². The van der Waals surface area contributed by atoms with Crippen molar-refractivity contribution in [3.05, 3.63) is 59.4 Å². The van der Waals surface area contributed by atoms with E-state index in [0.29, 0.717) is 49.2 Å². The van der Waals surface area contributed by atoms with Crippen LogP contribution >= 0.6 is 47.8 Å². The van der Waals surface area contributed by atoms with Gasteiger partial charge in [0.15, 0.2) is 17.6 Å². The normalized spacial score (nSPS) is 12.2. The third-order valence-electron chi connectivity index (χ3n) is 4.86. The van der Waals surface area contributed by atoms with Crippen LogP contribution in [-0.4, -0.2) is 42.2 Å². The number of fused-ring (bicyclic) bond motifs is 1. The monoisotopic (exact) mass is 657 g/mol. The summed E-state index contributed by atoms with van der Waals surface area (Å²) in [6.07, 6.45) is 2.08. The molecular formula is C23H22Br3N3O5. The van der Waals surface area contributed by atoms with Crippen molar-refractivity contribution < 1.29 is 19.0 Å². The van der Waals surface area contributed by atoms with Crippen LogP contribution in [0.3, 0.4) is 0 Å². The summed E-state index contributed by atoms with van der Waals surface area (Å²) in [6, 6.07) is 7.08. The fraction of sp³-hybridized carbons (Fsp3) is 0.304. The Morgan fingerprint density at radius 1 is 1.21 bits per heavy atom. The van der Waals surface area contributed by atoms with Gasteiger partial charge in [-0.3, -0.25) is 4.79 Å². The summed E-state index contributed by atoms with van der Waals surface area (Å²) >= 11 is 10.4. The van der Waals surface area contributed by atoms with Crippen molar-refractivity contribution in [1.82, 2.24) is 9.66 Å². The topological polar surface area (TPSA) is 92.0 Å². The molecule has 0 aliphatic heterocycles. The van der Waals surface area contributed by atoms with E-state index in [2.05, 4.69) is 57.9 Å². The Morgan fingerprint density at radius 3 is 2.59 bits per heavy atom. The second-order valence-electron chi connectivity index (χ2n) is 7.21. The van der Waals surface area contributed by atoms with Crippen LogP contribution in [0.2, 0.25) is 0 Å². The molecule has 34 heavy (non-hydrogen) atoms. The van der Waals surface area contributed by atoms with Crippen LogP contribution < -0.4 is 15.0 Å². The number of halogens is 3. The molecule has 0 spiro atoms. The van der Waals surface area contributed by atoms with Gasteiger partial charge in [0, 0.05) is 20.9 Å². The van der Waals surface area contributed by atoms with Crippen LogP contribution in [0.4, 0.5) is 0 Å². The van der Waals surface area contributed by atoms with Gasteiger partial charge in [0.2, 0.25) is 0 Å². The third-order valence-corrected chi connectivity index (χ3v) is 7.50. The summed E-state index contributed by atoms with van der Waals surface area (Å²) in [5.41, 5.74) is 0.973. The zero-order valence-electron chi connectivity index (χ0n) is 18.9. The average Bonchev–Trinajstić information content (AvgIpc) is 2.82. The summed E-state index contributed by atoms with van der Waals surface area (Å²) < 4.78 is 19.2. The largest absolute Gasteiger partial charge is 0.493 e. The molecule has 0 N–H and O–H groups in total. The number of hydrogen-bond acceptors (Lipinski definition) is 7. The molecule has 3 rings (SSSR count). The van der Waals surface area contributed by atoms with Crippen LogP contribution in [0.25, 0.3) is 10.9 Å². The number of esters is 1. The highest BCUT2D eigenvalue weighted by Crippen LogP contribution is 2.42. The highest BCUT2D eigenvalue weighted by atomic mass is 79.9. The Morgan fingerprint density at radius 2 is 1.94 bits per heavy atom. The lowest BCUT2D eigenvalue weighted by molar-refractivity contribution is -0.147. The molecule has 180 valence electrons. The van der Waals surface area contributed by atoms with E-state index >= 15 is 0 Å². The Kier molecular flexibility index (Phi) is 8.89. The van der Waals surface area contributed by atoms with E-state index in [0.717, 1.165) is 10.9 Å². The lowest BCUT2D eigenvalue weighted by Gasteiger charge is -2.18. The van der Waals surface area contributed by atoms with E-state index in [9.17, 15) is 9.59 Å². The Bertz CT molecular complexity index is 1320. The van der Waals surface area contributed by atoms with Gasteiger partial charge in [0.1, 0.15) is 5.82 Å². The van der Waals surface area contributed by atoms with Gasteiger partial charge in [-0.15, -0.1) is 0 Å². The fourth-order valence-electron chi connectivity index (χ4n) is 3.17. The lowest BCUT2D eigenvalue weighted by Crippen LogP contribution is -2.25. The number of aryl methyl sites for hydroxylation is 1. The van der Waals surface area contributed by atoms with Crippen molar-refractivity contribution in [1.29, 1.82) is 0 Å². The number of carbonyl (C=O) groups excluding carboxylic acids is 1. The molecule has 0 aliphatic rings. The molecule has 8 nitrogen and oxygen atoms in total. The minimum Gasteiger partial charge on any atom is -0.493 e. The van der Waals surface area contributed by atoms with Crippen molar-refractivity contribution in [2.45, 2.75) is 32.8 Å². The molecule has 0 bridgehead atoms. The van der Waals surface area contributed by atoms with Gasteiger partial charge in [0.05, 0.1) is 35.8 Å². The second-order valence-corrected chi connectivity index (χ2v) is 9.71. The highest BCUT2D eigenvalue weighted by Gasteiger charge is 2.22. The number of methoxy groups -OCH3 is 2. The van der Waals surface area contributed by atoms with Gasteiger partial charge in [-0.1, -0.05) is 22.9 Å². The first-order valence-corrected chi connectivity index (χ1v) is 12.7. The number of carbonyl (C=O) groups is 1. The van der Waals surface area contributed by atoms with Gasteiger partial charge in [-0.25, -0.2) is 9.78 Å². The minimum absolute atomic E-state index is 0.264. The maximum Gasteiger partial charge on any atom is 0.346 e. The van der Waals surface area contributed by atoms with Crippen LogP contribution in [0.15, 0.2) is 47.6 Å². The van der Waals surface area contributed by atoms with E-state index in [1.165, 1.54) is 25.1 Å². The minimum atomic E-state index is -0.847. The summed E-state index contributed by atoms with van der Waals surface area (Å²) in [5.74, 6) is 0.737. The van der Waals surface area contributed by atoms with E-state index in [1.807, 2.05) is 13.0 Å². The van der Waals surface area contributed by atoms with Crippen LogP contribution in [0.1, 0.15) is 31.7 Å². The molecule has 0 saturated carbocycles. The molecule has 0 aliphatic carbocycles. The molecule has 2 aromatic carbocycles. The van der Waals surface area contributed by atoms with Crippen molar-refractivity contribution >= 4 is 70.9 Å². The van der Waals surface area contributed by atoms with Crippen molar-refractivity contribution in [2.24, 2.45) is 5.10 Å². The number of benzene rings is 2. The SMILES string of the molecule is CCCc1nc2ccc(Br)cc2c(=O)n1N=Cc1cc(OC)c(O[C@H](C)C(=O)OC)c(Br)c1Br. The van der Waals surface area contributed by atoms with Crippen molar-refractivity contribution in [3.8, 4) is 11.5 Å². The molecule has 0 fully saturated rings. The number of rotatable bonds is 8. The zero-order valence-corrected chi connectivity index (χ0v) is 23.7. The van der Waals surface area contributed by atoms with Crippen LogP contribution in [0, 0.1) is 0 Å². The quantitative estimate of drug-likeness (QED) is 0.235. The first kappa shape index (κ1) is 26.4. The number of hydrogen-bond donors (Lipinski definition) is 0. The molecule has 1 atom stereocenters. The molecule has 3 aromatic rings. The van der Waals surface area contributed by atoms with E-state index in [4.69, 9.17) is 14.2 Å². The number of aromatic nitrogens is 2. The maximum absolute atomic E-state index is 13.2. The molecule has 0 radical (unpaired) electrons. The highest BCUT2D eigenvalue weighted by molar-refractivity contribution is 9.13. The zero-order chi connectivity index (χ0) is 25.0. The van der Waals surface area contributed by atoms with Gasteiger partial charge >= 0.3 is 5.97 Å². The summed E-state index contributed by atoms with van der Waals surface area (Å²) in [6.45, 7) is 3.59. The van der Waals surface area contributed by atoms with Crippen molar-refractivity contribution in [3.63, 3.8) is 0 Å². The average molecular weight is 660 g/mol. The third kappa shape index (κ3) is 5.52. The number of ether oxygens (including phenoxy) is 3. The first-order valence-electron chi connectivity index (χ1n) is 10.3. The summed E-state index contributed by atoms with van der Waals surface area (Å²) in [4.78, 5) is 29.7. The summed E-state index contributed by atoms with van der Waals surface area (Å²) in [7, 11) is 2.78. The van der Waals surface area contributed by atoms with E-state index in [1.54, 1.807) is 25.1 Å².